The molecule has 2 fully saturated rings. The summed E-state index contributed by atoms with van der Waals surface area (Å²) < 4.78 is 19.1. The Labute approximate surface area is 116 Å². The molecular formula is C13H19N3O4. The molecule has 3 rings (SSSR count). The number of hydrogen-bond donors (Lipinski definition) is 1. The zero-order valence-corrected chi connectivity index (χ0v) is 11.8. The molecule has 20 heavy (non-hydrogen) atoms. The SMILES string of the molecule is CC[C@H]1O[C@@H](n2ccc(N)nc2=O)C2OC(C)(C)OC21. The van der Waals surface area contributed by atoms with E-state index >= 15 is 0 Å². The maximum atomic E-state index is 12.0. The van der Waals surface area contributed by atoms with Gasteiger partial charge in [-0.1, -0.05) is 6.92 Å². The Morgan fingerprint density at radius 2 is 2.10 bits per heavy atom. The molecule has 2 N–H and O–H groups in total. The van der Waals surface area contributed by atoms with Crippen LogP contribution in [0.3, 0.4) is 0 Å². The number of fused-ring (bicyclic) bond motifs is 1. The van der Waals surface area contributed by atoms with Crippen molar-refractivity contribution in [3.8, 4) is 0 Å². The number of hydrogen-bond acceptors (Lipinski definition) is 6. The van der Waals surface area contributed by atoms with Gasteiger partial charge in [-0.15, -0.1) is 0 Å². The second-order valence-electron chi connectivity index (χ2n) is 5.58. The summed E-state index contributed by atoms with van der Waals surface area (Å²) in [6.45, 7) is 5.74. The van der Waals surface area contributed by atoms with Crippen LogP contribution in [-0.4, -0.2) is 33.7 Å². The number of aromatic nitrogens is 2. The van der Waals surface area contributed by atoms with Gasteiger partial charge in [-0.25, -0.2) is 4.79 Å². The van der Waals surface area contributed by atoms with Crippen LogP contribution in [0.15, 0.2) is 17.1 Å². The Bertz CT molecular complexity index is 571. The van der Waals surface area contributed by atoms with Gasteiger partial charge in [0, 0.05) is 6.20 Å². The highest BCUT2D eigenvalue weighted by molar-refractivity contribution is 5.23. The summed E-state index contributed by atoms with van der Waals surface area (Å²) in [5, 5.41) is 0. The Morgan fingerprint density at radius 1 is 1.40 bits per heavy atom. The third-order valence-corrected chi connectivity index (χ3v) is 3.65. The normalized spacial score (nSPS) is 35.1. The molecule has 0 radical (unpaired) electrons. The van der Waals surface area contributed by atoms with Crippen molar-refractivity contribution in [2.45, 2.75) is 57.5 Å². The van der Waals surface area contributed by atoms with E-state index in [0.717, 1.165) is 6.42 Å². The second kappa shape index (κ2) is 4.54. The predicted molar refractivity (Wildman–Crippen MR) is 70.9 cm³/mol. The molecule has 7 heteroatoms. The van der Waals surface area contributed by atoms with Gasteiger partial charge in [-0.05, 0) is 26.3 Å². The molecule has 0 saturated carbocycles. The molecule has 2 saturated heterocycles. The highest BCUT2D eigenvalue weighted by Gasteiger charge is 2.55. The zero-order valence-electron chi connectivity index (χ0n) is 11.8. The lowest BCUT2D eigenvalue weighted by Crippen LogP contribution is -2.35. The fraction of sp³-hybridized carbons (Fsp3) is 0.692. The summed E-state index contributed by atoms with van der Waals surface area (Å²) in [5.41, 5.74) is 5.06. The number of anilines is 1. The van der Waals surface area contributed by atoms with E-state index in [2.05, 4.69) is 4.98 Å². The second-order valence-corrected chi connectivity index (χ2v) is 5.58. The topological polar surface area (TPSA) is 88.6 Å². The van der Waals surface area contributed by atoms with E-state index < -0.39 is 17.7 Å². The number of rotatable bonds is 2. The Balaban J connectivity index is 1.96. The fourth-order valence-electron chi connectivity index (χ4n) is 2.83. The molecule has 0 aliphatic carbocycles. The first kappa shape index (κ1) is 13.5. The molecular weight excluding hydrogens is 262 g/mol. The van der Waals surface area contributed by atoms with Crippen molar-refractivity contribution in [1.82, 2.24) is 9.55 Å². The Hall–Kier alpha value is -1.44. The van der Waals surface area contributed by atoms with Crippen molar-refractivity contribution in [3.63, 3.8) is 0 Å². The third kappa shape index (κ3) is 2.11. The molecule has 1 aromatic heterocycles. The van der Waals surface area contributed by atoms with Crippen molar-refractivity contribution >= 4 is 5.82 Å². The van der Waals surface area contributed by atoms with Gasteiger partial charge in [-0.3, -0.25) is 4.57 Å². The summed E-state index contributed by atoms with van der Waals surface area (Å²) >= 11 is 0. The molecule has 3 heterocycles. The van der Waals surface area contributed by atoms with Gasteiger partial charge in [0.15, 0.2) is 12.0 Å². The third-order valence-electron chi connectivity index (χ3n) is 3.65. The first-order valence-corrected chi connectivity index (χ1v) is 6.77. The lowest BCUT2D eigenvalue weighted by Gasteiger charge is -2.24. The molecule has 2 unspecified atom stereocenters. The summed E-state index contributed by atoms with van der Waals surface area (Å²) in [6.07, 6.45) is 1.24. The lowest BCUT2D eigenvalue weighted by molar-refractivity contribution is -0.197. The van der Waals surface area contributed by atoms with Crippen molar-refractivity contribution in [2.24, 2.45) is 0 Å². The van der Waals surface area contributed by atoms with E-state index in [1.54, 1.807) is 12.3 Å². The zero-order chi connectivity index (χ0) is 14.5. The maximum Gasteiger partial charge on any atom is 0.351 e. The average molecular weight is 281 g/mol. The highest BCUT2D eigenvalue weighted by Crippen LogP contribution is 2.43. The maximum absolute atomic E-state index is 12.0. The van der Waals surface area contributed by atoms with Gasteiger partial charge in [0.05, 0.1) is 6.10 Å². The molecule has 0 amide bonds. The van der Waals surface area contributed by atoms with E-state index in [0.29, 0.717) is 0 Å². The van der Waals surface area contributed by atoms with Crippen LogP contribution >= 0.6 is 0 Å². The van der Waals surface area contributed by atoms with E-state index in [4.69, 9.17) is 19.9 Å². The van der Waals surface area contributed by atoms with Gasteiger partial charge in [0.2, 0.25) is 0 Å². The lowest BCUT2D eigenvalue weighted by atomic mass is 10.1. The molecule has 7 nitrogen and oxygen atoms in total. The first-order valence-electron chi connectivity index (χ1n) is 6.77. The minimum atomic E-state index is -0.671. The van der Waals surface area contributed by atoms with Gasteiger partial charge in [0.25, 0.3) is 0 Å². The van der Waals surface area contributed by atoms with Crippen molar-refractivity contribution in [1.29, 1.82) is 0 Å². The molecule has 0 bridgehead atoms. The monoisotopic (exact) mass is 281 g/mol. The van der Waals surface area contributed by atoms with Crippen molar-refractivity contribution < 1.29 is 14.2 Å². The van der Waals surface area contributed by atoms with Crippen LogP contribution in [0.1, 0.15) is 33.4 Å². The minimum Gasteiger partial charge on any atom is -0.383 e. The van der Waals surface area contributed by atoms with Crippen LogP contribution in [0.25, 0.3) is 0 Å². The van der Waals surface area contributed by atoms with Crippen LogP contribution in [0.4, 0.5) is 5.82 Å². The van der Waals surface area contributed by atoms with E-state index in [-0.39, 0.29) is 24.1 Å². The van der Waals surface area contributed by atoms with Gasteiger partial charge >= 0.3 is 5.69 Å². The van der Waals surface area contributed by atoms with E-state index in [9.17, 15) is 4.79 Å². The van der Waals surface area contributed by atoms with Gasteiger partial charge < -0.3 is 19.9 Å². The van der Waals surface area contributed by atoms with E-state index in [1.807, 2.05) is 20.8 Å². The minimum absolute atomic E-state index is 0.101. The summed E-state index contributed by atoms with van der Waals surface area (Å²) in [5.74, 6) is -0.480. The largest absolute Gasteiger partial charge is 0.383 e. The standard InChI is InChI=1S/C13H19N3O4/c1-4-7-9-10(20-13(2,3)19-9)11(18-7)16-6-5-8(14)15-12(16)17/h5-7,9-11H,4H2,1-3H3,(H2,14,15,17)/t7-,9?,10?,11-/m1/s1. The summed E-state index contributed by atoms with van der Waals surface area (Å²) in [6, 6.07) is 1.57. The van der Waals surface area contributed by atoms with Crippen LogP contribution in [0.2, 0.25) is 0 Å². The Kier molecular flexibility index (Phi) is 3.07. The Morgan fingerprint density at radius 3 is 2.75 bits per heavy atom. The highest BCUT2D eigenvalue weighted by atomic mass is 16.8. The molecule has 0 spiro atoms. The van der Waals surface area contributed by atoms with Crippen LogP contribution < -0.4 is 11.4 Å². The smallest absolute Gasteiger partial charge is 0.351 e. The predicted octanol–water partition coefficient (Wildman–Crippen LogP) is 0.653. The van der Waals surface area contributed by atoms with E-state index in [1.165, 1.54) is 4.57 Å². The quantitative estimate of drug-likeness (QED) is 0.856. The summed E-state index contributed by atoms with van der Waals surface area (Å²) in [7, 11) is 0. The number of nitrogens with two attached hydrogens (primary N) is 1. The van der Waals surface area contributed by atoms with Gasteiger partial charge in [-0.2, -0.15) is 4.98 Å². The molecule has 2 aliphatic rings. The van der Waals surface area contributed by atoms with Crippen LogP contribution in [-0.2, 0) is 14.2 Å². The number of nitrogen functional groups attached to an aromatic ring is 1. The average Bonchev–Trinajstić information content (AvgIpc) is 2.83. The van der Waals surface area contributed by atoms with Crippen LogP contribution in [0.5, 0.6) is 0 Å². The number of nitrogens with zero attached hydrogens (tertiary/aromatic N) is 2. The van der Waals surface area contributed by atoms with Crippen molar-refractivity contribution in [2.75, 3.05) is 5.73 Å². The summed E-state index contributed by atoms with van der Waals surface area (Å²) in [4.78, 5) is 15.7. The molecule has 4 atom stereocenters. The van der Waals surface area contributed by atoms with Crippen molar-refractivity contribution in [3.05, 3.63) is 22.7 Å². The molecule has 1 aromatic rings. The number of ether oxygens (including phenoxy) is 3. The first-order chi connectivity index (χ1) is 9.41. The molecule has 110 valence electrons. The van der Waals surface area contributed by atoms with Gasteiger partial charge in [0.1, 0.15) is 18.0 Å². The van der Waals surface area contributed by atoms with Crippen LogP contribution in [0, 0.1) is 0 Å². The fourth-order valence-corrected chi connectivity index (χ4v) is 2.83. The molecule has 0 aromatic carbocycles. The molecule has 2 aliphatic heterocycles.